The van der Waals surface area contributed by atoms with Gasteiger partial charge in [0.1, 0.15) is 0 Å². The van der Waals surface area contributed by atoms with Crippen LogP contribution in [0.4, 0.5) is 0 Å². The first-order chi connectivity index (χ1) is 6.42. The zero-order chi connectivity index (χ0) is 10.8. The molecule has 0 unspecified atom stereocenters. The van der Waals surface area contributed by atoms with Crippen molar-refractivity contribution in [1.82, 2.24) is 0 Å². The summed E-state index contributed by atoms with van der Waals surface area (Å²) in [5, 5.41) is 8.81. The fraction of sp³-hybridized carbons (Fsp3) is 0.909. The molecule has 0 amide bonds. The third kappa shape index (κ3) is 2.98. The van der Waals surface area contributed by atoms with Crippen LogP contribution >= 0.6 is 0 Å². The van der Waals surface area contributed by atoms with Crippen LogP contribution < -0.4 is 5.73 Å². The topological polar surface area (TPSA) is 63.3 Å². The van der Waals surface area contributed by atoms with Gasteiger partial charge in [0.25, 0.3) is 0 Å². The fourth-order valence-electron chi connectivity index (χ4n) is 2.43. The molecular formula is C11H21NO2. The van der Waals surface area contributed by atoms with E-state index in [2.05, 4.69) is 13.8 Å². The maximum Gasteiger partial charge on any atom is 0.303 e. The molecule has 1 rings (SSSR count). The van der Waals surface area contributed by atoms with Crippen LogP contribution in [0.2, 0.25) is 0 Å². The van der Waals surface area contributed by atoms with Gasteiger partial charge in [-0.1, -0.05) is 13.8 Å². The molecule has 0 aromatic heterocycles. The van der Waals surface area contributed by atoms with Crippen molar-refractivity contribution in [3.63, 3.8) is 0 Å². The summed E-state index contributed by atoms with van der Waals surface area (Å²) < 4.78 is 0. The molecule has 0 aromatic rings. The first-order valence-electron chi connectivity index (χ1n) is 5.39. The minimum absolute atomic E-state index is 0.0774. The van der Waals surface area contributed by atoms with Crippen LogP contribution in [0, 0.1) is 11.3 Å². The van der Waals surface area contributed by atoms with Gasteiger partial charge >= 0.3 is 5.97 Å². The van der Waals surface area contributed by atoms with Crippen LogP contribution in [0.25, 0.3) is 0 Å². The van der Waals surface area contributed by atoms with Gasteiger partial charge in [0.05, 0.1) is 6.42 Å². The molecule has 3 nitrogen and oxygen atoms in total. The number of carbonyl (C=O) groups is 1. The van der Waals surface area contributed by atoms with Crippen LogP contribution in [0.1, 0.15) is 46.0 Å². The third-order valence-corrected chi connectivity index (χ3v) is 3.48. The second-order valence-corrected chi connectivity index (χ2v) is 5.17. The largest absolute Gasteiger partial charge is 0.481 e. The molecule has 0 bridgehead atoms. The van der Waals surface area contributed by atoms with Gasteiger partial charge in [0.2, 0.25) is 0 Å². The maximum atomic E-state index is 10.7. The molecule has 3 heteroatoms. The van der Waals surface area contributed by atoms with Crippen molar-refractivity contribution in [3.05, 3.63) is 0 Å². The molecule has 0 heterocycles. The number of rotatable bonds is 3. The van der Waals surface area contributed by atoms with Gasteiger partial charge < -0.3 is 10.8 Å². The SMILES string of the molecule is CC(C)(CC(=O)O)C1CCC(N)CC1. The molecule has 1 fully saturated rings. The number of carboxylic acid groups (broad SMARTS) is 1. The van der Waals surface area contributed by atoms with E-state index >= 15 is 0 Å². The average Bonchev–Trinajstić information content (AvgIpc) is 2.02. The van der Waals surface area contributed by atoms with Gasteiger partial charge in [-0.3, -0.25) is 4.79 Å². The lowest BCUT2D eigenvalue weighted by atomic mass is 9.68. The Morgan fingerprint density at radius 3 is 2.29 bits per heavy atom. The average molecular weight is 199 g/mol. The number of hydrogen-bond donors (Lipinski definition) is 2. The van der Waals surface area contributed by atoms with Crippen molar-refractivity contribution >= 4 is 5.97 Å². The van der Waals surface area contributed by atoms with Crippen molar-refractivity contribution in [2.45, 2.75) is 52.0 Å². The Hall–Kier alpha value is -0.570. The highest BCUT2D eigenvalue weighted by Crippen LogP contribution is 2.40. The monoisotopic (exact) mass is 199 g/mol. The van der Waals surface area contributed by atoms with E-state index in [0.29, 0.717) is 12.0 Å². The first-order valence-corrected chi connectivity index (χ1v) is 5.39. The lowest BCUT2D eigenvalue weighted by Crippen LogP contribution is -2.34. The van der Waals surface area contributed by atoms with Crippen LogP contribution in [-0.2, 0) is 4.79 Å². The van der Waals surface area contributed by atoms with Gasteiger partial charge in [-0.05, 0) is 37.0 Å². The standard InChI is InChI=1S/C11H21NO2/c1-11(2,7-10(13)14)8-3-5-9(12)6-4-8/h8-9H,3-7,12H2,1-2H3,(H,13,14). The maximum absolute atomic E-state index is 10.7. The summed E-state index contributed by atoms with van der Waals surface area (Å²) in [4.78, 5) is 10.7. The summed E-state index contributed by atoms with van der Waals surface area (Å²) in [7, 11) is 0. The van der Waals surface area contributed by atoms with Crippen LogP contribution in [-0.4, -0.2) is 17.1 Å². The molecule has 0 saturated heterocycles. The highest BCUT2D eigenvalue weighted by Gasteiger charge is 2.33. The molecule has 3 N–H and O–H groups in total. The molecule has 0 aromatic carbocycles. The van der Waals surface area contributed by atoms with E-state index in [0.717, 1.165) is 25.7 Å². The molecule has 1 aliphatic rings. The summed E-state index contributed by atoms with van der Waals surface area (Å²) in [6, 6.07) is 0.340. The number of carboxylic acids is 1. The van der Waals surface area contributed by atoms with Crippen molar-refractivity contribution < 1.29 is 9.90 Å². The van der Waals surface area contributed by atoms with E-state index in [4.69, 9.17) is 10.8 Å². The van der Waals surface area contributed by atoms with Gasteiger partial charge in [-0.15, -0.1) is 0 Å². The summed E-state index contributed by atoms with van der Waals surface area (Å²) in [6.07, 6.45) is 4.54. The van der Waals surface area contributed by atoms with E-state index < -0.39 is 5.97 Å². The van der Waals surface area contributed by atoms with Crippen molar-refractivity contribution in [3.8, 4) is 0 Å². The molecule has 0 spiro atoms. The van der Waals surface area contributed by atoms with Crippen molar-refractivity contribution in [2.75, 3.05) is 0 Å². The zero-order valence-electron chi connectivity index (χ0n) is 9.12. The number of nitrogens with two attached hydrogens (primary N) is 1. The molecule has 0 radical (unpaired) electrons. The van der Waals surface area contributed by atoms with Crippen LogP contribution in [0.5, 0.6) is 0 Å². The van der Waals surface area contributed by atoms with Crippen molar-refractivity contribution in [1.29, 1.82) is 0 Å². The third-order valence-electron chi connectivity index (χ3n) is 3.48. The molecule has 1 saturated carbocycles. The van der Waals surface area contributed by atoms with Crippen molar-refractivity contribution in [2.24, 2.45) is 17.1 Å². The first kappa shape index (κ1) is 11.5. The summed E-state index contributed by atoms with van der Waals surface area (Å²) in [6.45, 7) is 4.12. The molecule has 1 aliphatic carbocycles. The van der Waals surface area contributed by atoms with Gasteiger partial charge in [-0.2, -0.15) is 0 Å². The van der Waals surface area contributed by atoms with E-state index in [9.17, 15) is 4.79 Å². The van der Waals surface area contributed by atoms with E-state index in [1.807, 2.05) is 0 Å². The predicted molar refractivity (Wildman–Crippen MR) is 56.0 cm³/mol. The number of hydrogen-bond acceptors (Lipinski definition) is 2. The van der Waals surface area contributed by atoms with E-state index in [-0.39, 0.29) is 11.8 Å². The summed E-state index contributed by atoms with van der Waals surface area (Å²) in [5.74, 6) is -0.164. The zero-order valence-corrected chi connectivity index (χ0v) is 9.12. The fourth-order valence-corrected chi connectivity index (χ4v) is 2.43. The summed E-state index contributed by atoms with van der Waals surface area (Å²) >= 11 is 0. The van der Waals surface area contributed by atoms with E-state index in [1.165, 1.54) is 0 Å². The van der Waals surface area contributed by atoms with Gasteiger partial charge in [0, 0.05) is 6.04 Å². The molecular weight excluding hydrogens is 178 g/mol. The highest BCUT2D eigenvalue weighted by atomic mass is 16.4. The van der Waals surface area contributed by atoms with Gasteiger partial charge in [-0.25, -0.2) is 0 Å². The minimum Gasteiger partial charge on any atom is -0.481 e. The van der Waals surface area contributed by atoms with E-state index in [1.54, 1.807) is 0 Å². The Balaban J connectivity index is 2.50. The minimum atomic E-state index is -0.690. The molecule has 0 atom stereocenters. The Morgan fingerprint density at radius 2 is 1.86 bits per heavy atom. The molecule has 14 heavy (non-hydrogen) atoms. The number of aliphatic carboxylic acids is 1. The Morgan fingerprint density at radius 1 is 1.36 bits per heavy atom. The normalized spacial score (nSPS) is 28.8. The van der Waals surface area contributed by atoms with Crippen LogP contribution in [0.3, 0.4) is 0 Å². The Bertz CT molecular complexity index is 205. The second kappa shape index (κ2) is 4.30. The quantitative estimate of drug-likeness (QED) is 0.730. The lowest BCUT2D eigenvalue weighted by Gasteiger charge is -2.37. The summed E-state index contributed by atoms with van der Waals surface area (Å²) in [5.41, 5.74) is 5.75. The molecule has 82 valence electrons. The highest BCUT2D eigenvalue weighted by molar-refractivity contribution is 5.67. The Labute approximate surface area is 85.7 Å². The lowest BCUT2D eigenvalue weighted by molar-refractivity contribution is -0.140. The van der Waals surface area contributed by atoms with Crippen LogP contribution in [0.15, 0.2) is 0 Å². The van der Waals surface area contributed by atoms with Gasteiger partial charge in [0.15, 0.2) is 0 Å². The molecule has 0 aliphatic heterocycles. The predicted octanol–water partition coefficient (Wildman–Crippen LogP) is 2.00. The smallest absolute Gasteiger partial charge is 0.303 e. The Kier molecular flexibility index (Phi) is 3.53. The second-order valence-electron chi connectivity index (χ2n) is 5.17.